The minimum Gasteiger partial charge on any atom is -0.298 e. The maximum atomic E-state index is 10.8. The summed E-state index contributed by atoms with van der Waals surface area (Å²) in [4.78, 5) is 21.3. The molecule has 4 rings (SSSR count). The monoisotopic (exact) mass is 345 g/mol. The summed E-state index contributed by atoms with van der Waals surface area (Å²) in [6.07, 6.45) is 6.58. The average molecular weight is 345 g/mol. The van der Waals surface area contributed by atoms with Crippen molar-refractivity contribution in [3.8, 4) is 6.07 Å². The quantitative estimate of drug-likeness (QED) is 0.521. The number of aryl methyl sites for hydroxylation is 2. The van der Waals surface area contributed by atoms with Crippen molar-refractivity contribution in [3.63, 3.8) is 0 Å². The molecule has 7 heteroatoms. The standard InChI is InChI=1S/C10H10N2O.C9H5N3O/c1-7-3-4-12-10(5-7)9(6-13)8(2)11-12;10-4-7-1-2-12-9(3-7)8(6-13)5-11-12/h3-6H,1-2H3;1-3,5-6H. The van der Waals surface area contributed by atoms with Crippen LogP contribution in [0.5, 0.6) is 0 Å². The van der Waals surface area contributed by atoms with Gasteiger partial charge in [0, 0.05) is 12.4 Å². The van der Waals surface area contributed by atoms with Crippen molar-refractivity contribution in [1.82, 2.24) is 19.2 Å². The van der Waals surface area contributed by atoms with Crippen molar-refractivity contribution >= 4 is 23.6 Å². The van der Waals surface area contributed by atoms with E-state index in [1.807, 2.05) is 38.2 Å². The van der Waals surface area contributed by atoms with Crippen molar-refractivity contribution < 1.29 is 9.59 Å². The van der Waals surface area contributed by atoms with Crippen molar-refractivity contribution in [3.05, 3.63) is 70.8 Å². The van der Waals surface area contributed by atoms with Gasteiger partial charge in [0.05, 0.1) is 45.7 Å². The Labute approximate surface area is 149 Å². The second kappa shape index (κ2) is 6.99. The number of aldehydes is 2. The zero-order chi connectivity index (χ0) is 18.7. The number of hydrogen-bond donors (Lipinski definition) is 0. The van der Waals surface area contributed by atoms with E-state index < -0.39 is 0 Å². The number of pyridine rings is 2. The van der Waals surface area contributed by atoms with E-state index in [4.69, 9.17) is 5.26 Å². The van der Waals surface area contributed by atoms with Crippen LogP contribution in [-0.2, 0) is 0 Å². The summed E-state index contributed by atoms with van der Waals surface area (Å²) in [7, 11) is 0. The highest BCUT2D eigenvalue weighted by atomic mass is 16.1. The Morgan fingerprint density at radius 2 is 1.81 bits per heavy atom. The maximum Gasteiger partial charge on any atom is 0.154 e. The van der Waals surface area contributed by atoms with Crippen LogP contribution in [0.1, 0.15) is 37.5 Å². The first-order valence-corrected chi connectivity index (χ1v) is 7.81. The van der Waals surface area contributed by atoms with E-state index in [0.717, 1.165) is 29.3 Å². The van der Waals surface area contributed by atoms with Crippen LogP contribution in [-0.4, -0.2) is 31.8 Å². The van der Waals surface area contributed by atoms with E-state index in [0.29, 0.717) is 22.2 Å². The topological polar surface area (TPSA) is 92.5 Å². The van der Waals surface area contributed by atoms with E-state index >= 15 is 0 Å². The van der Waals surface area contributed by atoms with Crippen molar-refractivity contribution in [2.45, 2.75) is 13.8 Å². The van der Waals surface area contributed by atoms with Crippen LogP contribution < -0.4 is 0 Å². The lowest BCUT2D eigenvalue weighted by atomic mass is 10.2. The lowest BCUT2D eigenvalue weighted by Gasteiger charge is -1.94. The summed E-state index contributed by atoms with van der Waals surface area (Å²) in [5.41, 5.74) is 5.16. The molecule has 26 heavy (non-hydrogen) atoms. The first kappa shape index (κ1) is 17.0. The predicted octanol–water partition coefficient (Wildman–Crippen LogP) is 2.78. The Morgan fingerprint density at radius 3 is 2.50 bits per heavy atom. The number of fused-ring (bicyclic) bond motifs is 2. The average Bonchev–Trinajstić information content (AvgIpc) is 3.20. The molecule has 0 aliphatic carbocycles. The van der Waals surface area contributed by atoms with Gasteiger partial charge in [0.15, 0.2) is 12.6 Å². The van der Waals surface area contributed by atoms with Gasteiger partial charge in [-0.2, -0.15) is 15.5 Å². The van der Waals surface area contributed by atoms with Crippen LogP contribution in [0, 0.1) is 25.2 Å². The molecule has 0 aromatic carbocycles. The van der Waals surface area contributed by atoms with Crippen LogP contribution in [0.3, 0.4) is 0 Å². The summed E-state index contributed by atoms with van der Waals surface area (Å²) in [6.45, 7) is 3.84. The second-order valence-corrected chi connectivity index (χ2v) is 5.73. The van der Waals surface area contributed by atoms with Gasteiger partial charge in [0.25, 0.3) is 0 Å². The molecule has 4 aromatic rings. The highest BCUT2D eigenvalue weighted by Crippen LogP contribution is 2.14. The molecule has 0 unspecified atom stereocenters. The summed E-state index contributed by atoms with van der Waals surface area (Å²) in [5, 5.41) is 16.8. The number of carbonyl (C=O) groups is 2. The molecule has 4 aromatic heterocycles. The summed E-state index contributed by atoms with van der Waals surface area (Å²) in [5.74, 6) is 0. The van der Waals surface area contributed by atoms with Crippen LogP contribution >= 0.6 is 0 Å². The molecular formula is C19H15N5O2. The third kappa shape index (κ3) is 3.08. The lowest BCUT2D eigenvalue weighted by molar-refractivity contribution is 0.111. The normalized spacial score (nSPS) is 10.2. The Kier molecular flexibility index (Phi) is 4.58. The molecule has 0 spiro atoms. The Bertz CT molecular complexity index is 1160. The van der Waals surface area contributed by atoms with Crippen LogP contribution in [0.2, 0.25) is 0 Å². The smallest absolute Gasteiger partial charge is 0.154 e. The molecule has 0 radical (unpaired) electrons. The Morgan fingerprint density at radius 1 is 1.04 bits per heavy atom. The third-order valence-corrected chi connectivity index (χ3v) is 3.94. The zero-order valence-corrected chi connectivity index (χ0v) is 14.2. The fourth-order valence-corrected chi connectivity index (χ4v) is 2.59. The zero-order valence-electron chi connectivity index (χ0n) is 14.2. The molecule has 0 amide bonds. The van der Waals surface area contributed by atoms with Gasteiger partial charge in [-0.25, -0.2) is 9.03 Å². The first-order chi connectivity index (χ1) is 12.6. The van der Waals surface area contributed by atoms with Crippen molar-refractivity contribution in [2.24, 2.45) is 0 Å². The first-order valence-electron chi connectivity index (χ1n) is 7.81. The van der Waals surface area contributed by atoms with Gasteiger partial charge < -0.3 is 0 Å². The SMILES string of the molecule is Cc1ccn2nc(C)c(C=O)c2c1.N#Cc1ccn2ncc(C=O)c2c1. The third-order valence-electron chi connectivity index (χ3n) is 3.94. The van der Waals surface area contributed by atoms with Gasteiger partial charge in [-0.3, -0.25) is 9.59 Å². The number of nitrogens with zero attached hydrogens (tertiary/aromatic N) is 5. The predicted molar refractivity (Wildman–Crippen MR) is 95.3 cm³/mol. The van der Waals surface area contributed by atoms with Gasteiger partial charge >= 0.3 is 0 Å². The highest BCUT2D eigenvalue weighted by Gasteiger charge is 2.07. The molecule has 0 N–H and O–H groups in total. The Balaban J connectivity index is 0.000000151. The fourth-order valence-electron chi connectivity index (χ4n) is 2.59. The molecule has 0 aliphatic rings. The molecule has 0 fully saturated rings. The van der Waals surface area contributed by atoms with Crippen LogP contribution in [0.25, 0.3) is 11.0 Å². The number of carbonyl (C=O) groups excluding carboxylic acids is 2. The van der Waals surface area contributed by atoms with Crippen molar-refractivity contribution in [1.29, 1.82) is 5.26 Å². The molecule has 0 aliphatic heterocycles. The molecule has 0 saturated heterocycles. The van der Waals surface area contributed by atoms with Gasteiger partial charge in [-0.1, -0.05) is 0 Å². The molecule has 128 valence electrons. The van der Waals surface area contributed by atoms with E-state index in [9.17, 15) is 9.59 Å². The summed E-state index contributed by atoms with van der Waals surface area (Å²) < 4.78 is 3.29. The van der Waals surface area contributed by atoms with E-state index in [2.05, 4.69) is 10.2 Å². The number of nitriles is 1. The van der Waals surface area contributed by atoms with Gasteiger partial charge in [0.1, 0.15) is 0 Å². The largest absolute Gasteiger partial charge is 0.298 e. The Hall–Kier alpha value is -3.79. The molecule has 0 atom stereocenters. The maximum absolute atomic E-state index is 10.8. The molecule has 0 saturated carbocycles. The minimum atomic E-state index is 0.497. The van der Waals surface area contributed by atoms with Crippen molar-refractivity contribution in [2.75, 3.05) is 0 Å². The number of hydrogen-bond acceptors (Lipinski definition) is 5. The summed E-state index contributed by atoms with van der Waals surface area (Å²) in [6, 6.07) is 9.21. The summed E-state index contributed by atoms with van der Waals surface area (Å²) >= 11 is 0. The van der Waals surface area contributed by atoms with Crippen LogP contribution in [0.15, 0.2) is 42.9 Å². The minimum absolute atomic E-state index is 0.497. The van der Waals surface area contributed by atoms with Gasteiger partial charge in [-0.05, 0) is 43.7 Å². The second-order valence-electron chi connectivity index (χ2n) is 5.73. The highest BCUT2D eigenvalue weighted by molar-refractivity contribution is 5.87. The van der Waals surface area contributed by atoms with E-state index in [-0.39, 0.29) is 0 Å². The fraction of sp³-hybridized carbons (Fsp3) is 0.105. The molecule has 0 bridgehead atoms. The molecule has 7 nitrogen and oxygen atoms in total. The lowest BCUT2D eigenvalue weighted by Crippen LogP contribution is -1.87. The van der Waals surface area contributed by atoms with Crippen LogP contribution in [0.4, 0.5) is 0 Å². The molecule has 4 heterocycles. The van der Waals surface area contributed by atoms with Gasteiger partial charge in [0.2, 0.25) is 0 Å². The number of rotatable bonds is 2. The molecular weight excluding hydrogens is 330 g/mol. The number of aromatic nitrogens is 4. The van der Waals surface area contributed by atoms with E-state index in [1.165, 1.54) is 6.20 Å². The van der Waals surface area contributed by atoms with Gasteiger partial charge in [-0.15, -0.1) is 0 Å². The van der Waals surface area contributed by atoms with E-state index in [1.54, 1.807) is 27.4 Å².